The lowest BCUT2D eigenvalue weighted by Crippen LogP contribution is -2.03. The summed E-state index contributed by atoms with van der Waals surface area (Å²) in [5, 5.41) is 1.30. The van der Waals surface area contributed by atoms with Crippen LogP contribution in [-0.2, 0) is 0 Å². The highest BCUT2D eigenvalue weighted by atomic mass is 32.1. The summed E-state index contributed by atoms with van der Waals surface area (Å²) < 4.78 is 0. The Hall–Kier alpha value is -3.18. The summed E-state index contributed by atoms with van der Waals surface area (Å²) in [4.78, 5) is 47.1. The van der Waals surface area contributed by atoms with E-state index in [1.54, 1.807) is 45.3 Å². The molecule has 1 aliphatic carbocycles. The minimum absolute atomic E-state index is 0.0930. The van der Waals surface area contributed by atoms with E-state index in [1.165, 1.54) is 54.4 Å². The van der Waals surface area contributed by atoms with Crippen molar-refractivity contribution in [3.8, 4) is 19.5 Å². The fraction of sp³-hybridized carbons (Fsp3) is 0.185. The van der Waals surface area contributed by atoms with Crippen molar-refractivity contribution in [3.05, 3.63) is 78.5 Å². The summed E-state index contributed by atoms with van der Waals surface area (Å²) in [5.74, 6) is 0. The molecule has 7 rings (SSSR count). The van der Waals surface area contributed by atoms with Gasteiger partial charge in [-0.2, -0.15) is 0 Å². The van der Waals surface area contributed by atoms with Gasteiger partial charge >= 0.3 is 0 Å². The SMILES string of the molecule is Cc1sc(-c2cc3c(=O)[nH]cnc3s2)cc1C1=C(c2cc(-c3cc4c(=O)[nH]cnc4s3)sc2C)CCC1. The molecule has 0 atom stereocenters. The maximum absolute atomic E-state index is 12.2. The largest absolute Gasteiger partial charge is 0.313 e. The van der Waals surface area contributed by atoms with E-state index < -0.39 is 0 Å². The van der Waals surface area contributed by atoms with Crippen molar-refractivity contribution in [3.63, 3.8) is 0 Å². The molecule has 1 aliphatic rings. The number of nitrogens with zero attached hydrogens (tertiary/aromatic N) is 2. The minimum atomic E-state index is -0.0930. The molecule has 184 valence electrons. The van der Waals surface area contributed by atoms with E-state index in [-0.39, 0.29) is 11.1 Å². The number of aromatic amines is 2. The number of rotatable bonds is 4. The molecule has 0 unspecified atom stereocenters. The second-order valence-corrected chi connectivity index (χ2v) is 13.7. The summed E-state index contributed by atoms with van der Waals surface area (Å²) in [5.41, 5.74) is 5.31. The predicted octanol–water partition coefficient (Wildman–Crippen LogP) is 7.45. The van der Waals surface area contributed by atoms with Crippen molar-refractivity contribution in [2.75, 3.05) is 0 Å². The normalized spacial score (nSPS) is 14.0. The zero-order valence-corrected chi connectivity index (χ0v) is 23.2. The topological polar surface area (TPSA) is 91.5 Å². The van der Waals surface area contributed by atoms with Gasteiger partial charge in [0.15, 0.2) is 0 Å². The van der Waals surface area contributed by atoms with Crippen LogP contribution in [0.25, 0.3) is 51.1 Å². The maximum Gasteiger partial charge on any atom is 0.259 e. The van der Waals surface area contributed by atoms with E-state index in [0.717, 1.165) is 38.7 Å². The number of aromatic nitrogens is 4. The van der Waals surface area contributed by atoms with Crippen molar-refractivity contribution in [2.45, 2.75) is 33.1 Å². The van der Waals surface area contributed by atoms with E-state index in [4.69, 9.17) is 0 Å². The third-order valence-corrected chi connectivity index (χ3v) is 11.4. The van der Waals surface area contributed by atoms with Crippen LogP contribution in [0.3, 0.4) is 0 Å². The van der Waals surface area contributed by atoms with Crippen LogP contribution in [0.4, 0.5) is 0 Å². The Morgan fingerprint density at radius 3 is 1.51 bits per heavy atom. The Morgan fingerprint density at radius 2 is 1.08 bits per heavy atom. The maximum atomic E-state index is 12.2. The molecule has 0 fully saturated rings. The van der Waals surface area contributed by atoms with Gasteiger partial charge in [0.1, 0.15) is 9.66 Å². The van der Waals surface area contributed by atoms with E-state index in [0.29, 0.717) is 10.8 Å². The number of allylic oxidation sites excluding steroid dienone is 2. The van der Waals surface area contributed by atoms with Crippen LogP contribution in [0.1, 0.15) is 40.1 Å². The van der Waals surface area contributed by atoms with Gasteiger partial charge in [-0.05, 0) is 79.6 Å². The van der Waals surface area contributed by atoms with Crippen molar-refractivity contribution >= 4 is 76.9 Å². The monoisotopic (exact) mass is 560 g/mol. The highest BCUT2D eigenvalue weighted by molar-refractivity contribution is 7.26. The molecule has 10 heteroatoms. The highest BCUT2D eigenvalue weighted by Crippen LogP contribution is 2.48. The zero-order chi connectivity index (χ0) is 25.3. The molecule has 0 spiro atoms. The predicted molar refractivity (Wildman–Crippen MR) is 157 cm³/mol. The molecular formula is C27H20N4O2S4. The van der Waals surface area contributed by atoms with Crippen LogP contribution in [0.15, 0.2) is 46.5 Å². The van der Waals surface area contributed by atoms with Crippen LogP contribution >= 0.6 is 45.3 Å². The molecule has 6 aromatic heterocycles. The fourth-order valence-electron chi connectivity index (χ4n) is 5.12. The summed E-state index contributed by atoms with van der Waals surface area (Å²) in [6.45, 7) is 4.39. The van der Waals surface area contributed by atoms with Gasteiger partial charge in [-0.25, -0.2) is 9.97 Å². The number of fused-ring (bicyclic) bond motifs is 2. The summed E-state index contributed by atoms with van der Waals surface area (Å²) in [6.07, 6.45) is 6.21. The number of H-pyrrole nitrogens is 2. The first-order chi connectivity index (χ1) is 18.0. The third kappa shape index (κ3) is 3.78. The number of hydrogen-bond acceptors (Lipinski definition) is 8. The van der Waals surface area contributed by atoms with Crippen LogP contribution < -0.4 is 11.1 Å². The van der Waals surface area contributed by atoms with Gasteiger partial charge in [0, 0.05) is 29.3 Å². The molecular weight excluding hydrogens is 541 g/mol. The van der Waals surface area contributed by atoms with E-state index in [1.807, 2.05) is 12.1 Å². The van der Waals surface area contributed by atoms with E-state index in [2.05, 4.69) is 45.9 Å². The second kappa shape index (κ2) is 8.70. The first kappa shape index (κ1) is 23.0. The van der Waals surface area contributed by atoms with Crippen LogP contribution in [0, 0.1) is 13.8 Å². The highest BCUT2D eigenvalue weighted by Gasteiger charge is 2.24. The molecule has 0 aromatic carbocycles. The van der Waals surface area contributed by atoms with Gasteiger partial charge in [0.25, 0.3) is 11.1 Å². The molecule has 0 aliphatic heterocycles. The van der Waals surface area contributed by atoms with Gasteiger partial charge in [-0.15, -0.1) is 45.3 Å². The number of thiophene rings is 4. The first-order valence-corrected chi connectivity index (χ1v) is 15.1. The quantitative estimate of drug-likeness (QED) is 0.234. The summed E-state index contributed by atoms with van der Waals surface area (Å²) >= 11 is 6.70. The number of hydrogen-bond donors (Lipinski definition) is 2. The standard InChI is InChI=1S/C27H20N4O2S4/c1-12-16(6-20(34-12)22-8-18-24(32)28-10-30-26(18)36-22)14-4-3-5-15(14)17-7-21(35-13(17)2)23-9-19-25(33)29-11-31-27(19)37-23/h6-11H,3-5H2,1-2H3,(H,28,30,32)(H,29,31,33). The molecule has 0 saturated carbocycles. The van der Waals surface area contributed by atoms with Crippen LogP contribution in [0.2, 0.25) is 0 Å². The zero-order valence-electron chi connectivity index (χ0n) is 19.9. The van der Waals surface area contributed by atoms with Gasteiger partial charge in [-0.3, -0.25) is 9.59 Å². The minimum Gasteiger partial charge on any atom is -0.313 e. The molecule has 37 heavy (non-hydrogen) atoms. The van der Waals surface area contributed by atoms with Crippen molar-refractivity contribution in [1.29, 1.82) is 0 Å². The average molecular weight is 561 g/mol. The van der Waals surface area contributed by atoms with E-state index in [9.17, 15) is 9.59 Å². The fourth-order valence-corrected chi connectivity index (χ4v) is 9.36. The second-order valence-electron chi connectivity index (χ2n) is 9.09. The first-order valence-electron chi connectivity index (χ1n) is 11.8. The Kier molecular flexibility index (Phi) is 5.40. The molecule has 0 saturated heterocycles. The number of aryl methyl sites for hydroxylation is 2. The summed E-state index contributed by atoms with van der Waals surface area (Å²) in [6, 6.07) is 8.52. The number of nitrogens with one attached hydrogen (secondary N) is 2. The van der Waals surface area contributed by atoms with E-state index >= 15 is 0 Å². The molecule has 6 aromatic rings. The van der Waals surface area contributed by atoms with Gasteiger partial charge in [-0.1, -0.05) is 0 Å². The Bertz CT molecular complexity index is 1850. The summed E-state index contributed by atoms with van der Waals surface area (Å²) in [7, 11) is 0. The van der Waals surface area contributed by atoms with Gasteiger partial charge < -0.3 is 9.97 Å². The molecule has 2 N–H and O–H groups in total. The van der Waals surface area contributed by atoms with Gasteiger partial charge in [0.2, 0.25) is 0 Å². The molecule has 6 nitrogen and oxygen atoms in total. The van der Waals surface area contributed by atoms with Crippen molar-refractivity contribution < 1.29 is 0 Å². The lowest BCUT2D eigenvalue weighted by molar-refractivity contribution is 0.941. The Balaban J connectivity index is 1.30. The van der Waals surface area contributed by atoms with Crippen molar-refractivity contribution in [2.24, 2.45) is 0 Å². The lowest BCUT2D eigenvalue weighted by atomic mass is 9.97. The lowest BCUT2D eigenvalue weighted by Gasteiger charge is -2.07. The molecule has 6 heterocycles. The van der Waals surface area contributed by atoms with Gasteiger partial charge in [0.05, 0.1) is 23.4 Å². The molecule has 0 amide bonds. The van der Waals surface area contributed by atoms with Crippen LogP contribution in [-0.4, -0.2) is 19.9 Å². The Labute approximate surface area is 227 Å². The molecule has 0 bridgehead atoms. The average Bonchev–Trinajstić information content (AvgIpc) is 3.68. The smallest absolute Gasteiger partial charge is 0.259 e. The van der Waals surface area contributed by atoms with Crippen molar-refractivity contribution in [1.82, 2.24) is 19.9 Å². The van der Waals surface area contributed by atoms with Crippen LogP contribution in [0.5, 0.6) is 0 Å². The third-order valence-electron chi connectivity index (χ3n) is 6.86. The Morgan fingerprint density at radius 1 is 0.649 bits per heavy atom. The molecule has 0 radical (unpaired) electrons.